The Labute approximate surface area is 330 Å². The van der Waals surface area contributed by atoms with Gasteiger partial charge in [0.1, 0.15) is 11.2 Å². The Bertz CT molecular complexity index is 3470. The molecule has 0 unspecified atom stereocenters. The molecule has 266 valence electrons. The lowest BCUT2D eigenvalue weighted by atomic mass is 10.0. The molecule has 12 aromatic rings. The molecular formula is C51H30N4OS. The molecule has 0 N–H and O–H groups in total. The van der Waals surface area contributed by atoms with E-state index in [-0.39, 0.29) is 0 Å². The predicted octanol–water partition coefficient (Wildman–Crippen LogP) is 13.9. The second kappa shape index (κ2) is 12.6. The van der Waals surface area contributed by atoms with E-state index in [4.69, 9.17) is 19.4 Å². The first kappa shape index (κ1) is 31.9. The third-order valence-electron chi connectivity index (χ3n) is 11.1. The topological polar surface area (TPSA) is 56.7 Å². The fraction of sp³-hybridized carbons (Fsp3) is 0. The number of fused-ring (bicyclic) bond motifs is 9. The Morgan fingerprint density at radius 1 is 0.386 bits per heavy atom. The van der Waals surface area contributed by atoms with E-state index in [9.17, 15) is 0 Å². The number of nitrogens with zero attached hydrogens (tertiary/aromatic N) is 4. The van der Waals surface area contributed by atoms with Crippen molar-refractivity contribution < 1.29 is 4.42 Å². The van der Waals surface area contributed by atoms with Gasteiger partial charge in [-0.2, -0.15) is 0 Å². The number of benzene rings is 8. The van der Waals surface area contributed by atoms with Gasteiger partial charge in [-0.25, -0.2) is 15.0 Å². The molecule has 0 fully saturated rings. The van der Waals surface area contributed by atoms with Crippen LogP contribution in [0.4, 0.5) is 0 Å². The first-order chi connectivity index (χ1) is 28.2. The van der Waals surface area contributed by atoms with Crippen molar-refractivity contribution >= 4 is 75.3 Å². The van der Waals surface area contributed by atoms with E-state index in [0.717, 1.165) is 55.3 Å². The number of hydrogen-bond acceptors (Lipinski definition) is 5. The lowest BCUT2D eigenvalue weighted by Crippen LogP contribution is -2.00. The molecule has 0 amide bonds. The fourth-order valence-corrected chi connectivity index (χ4v) is 9.49. The maximum Gasteiger partial charge on any atom is 0.164 e. The highest BCUT2D eigenvalue weighted by Crippen LogP contribution is 2.41. The summed E-state index contributed by atoms with van der Waals surface area (Å²) >= 11 is 1.85. The van der Waals surface area contributed by atoms with Gasteiger partial charge in [-0.1, -0.05) is 121 Å². The van der Waals surface area contributed by atoms with E-state index in [2.05, 4.69) is 114 Å². The van der Waals surface area contributed by atoms with Gasteiger partial charge in [-0.15, -0.1) is 11.3 Å². The van der Waals surface area contributed by atoms with Crippen LogP contribution in [0.25, 0.3) is 115 Å². The molecule has 5 nitrogen and oxygen atoms in total. The number of rotatable bonds is 5. The van der Waals surface area contributed by atoms with Crippen LogP contribution in [0.1, 0.15) is 0 Å². The number of aromatic nitrogens is 4. The largest absolute Gasteiger partial charge is 0.456 e. The lowest BCUT2D eigenvalue weighted by molar-refractivity contribution is 0.668. The van der Waals surface area contributed by atoms with Crippen LogP contribution in [0.15, 0.2) is 186 Å². The highest BCUT2D eigenvalue weighted by Gasteiger charge is 2.20. The molecule has 0 atom stereocenters. The van der Waals surface area contributed by atoms with Crippen LogP contribution >= 0.6 is 11.3 Å². The SMILES string of the molecule is c1ccc(-c2nc(-c3ccccc3)nc(-c3cccc4oc5cc(-n6c7ccccc7c7cc(-c8ccc9sc%10ccccc%10c9c8)ccc76)ccc5c34)n2)cc1. The second-order valence-corrected chi connectivity index (χ2v) is 15.5. The van der Waals surface area contributed by atoms with Gasteiger partial charge in [-0.3, -0.25) is 0 Å². The van der Waals surface area contributed by atoms with Gasteiger partial charge in [0.2, 0.25) is 0 Å². The van der Waals surface area contributed by atoms with Crippen molar-refractivity contribution in [2.75, 3.05) is 0 Å². The summed E-state index contributed by atoms with van der Waals surface area (Å²) in [6.07, 6.45) is 0. The quantitative estimate of drug-likeness (QED) is 0.176. The summed E-state index contributed by atoms with van der Waals surface area (Å²) in [4.78, 5) is 15.0. The second-order valence-electron chi connectivity index (χ2n) is 14.4. The lowest BCUT2D eigenvalue weighted by Gasteiger charge is -2.10. The van der Waals surface area contributed by atoms with E-state index in [1.54, 1.807) is 0 Å². The van der Waals surface area contributed by atoms with Gasteiger partial charge < -0.3 is 8.98 Å². The summed E-state index contributed by atoms with van der Waals surface area (Å²) in [6.45, 7) is 0. The van der Waals surface area contributed by atoms with Gasteiger partial charge in [0.15, 0.2) is 17.5 Å². The summed E-state index contributed by atoms with van der Waals surface area (Å²) in [6, 6.07) is 63.9. The molecule has 0 aliphatic carbocycles. The third kappa shape index (κ3) is 5.12. The zero-order valence-corrected chi connectivity index (χ0v) is 31.2. The molecule has 4 heterocycles. The molecule has 6 heteroatoms. The minimum Gasteiger partial charge on any atom is -0.456 e. The van der Waals surface area contributed by atoms with Gasteiger partial charge in [0.05, 0.1) is 11.0 Å². The van der Waals surface area contributed by atoms with E-state index in [1.165, 1.54) is 42.1 Å². The molecular weight excluding hydrogens is 717 g/mol. The number of hydrogen-bond donors (Lipinski definition) is 0. The zero-order chi connectivity index (χ0) is 37.5. The first-order valence-corrected chi connectivity index (χ1v) is 19.8. The monoisotopic (exact) mass is 746 g/mol. The molecule has 0 aliphatic rings. The fourth-order valence-electron chi connectivity index (χ4n) is 8.41. The van der Waals surface area contributed by atoms with Crippen molar-refractivity contribution in [2.45, 2.75) is 0 Å². The summed E-state index contributed by atoms with van der Waals surface area (Å²) < 4.78 is 11.6. The van der Waals surface area contributed by atoms with Crippen LogP contribution in [-0.2, 0) is 0 Å². The zero-order valence-electron chi connectivity index (χ0n) is 30.4. The third-order valence-corrected chi connectivity index (χ3v) is 12.2. The first-order valence-electron chi connectivity index (χ1n) is 19.0. The van der Waals surface area contributed by atoms with Crippen LogP contribution in [0, 0.1) is 0 Å². The van der Waals surface area contributed by atoms with E-state index in [0.29, 0.717) is 17.5 Å². The predicted molar refractivity (Wildman–Crippen MR) is 236 cm³/mol. The average molecular weight is 747 g/mol. The Kier molecular flexibility index (Phi) is 7.03. The Morgan fingerprint density at radius 3 is 1.81 bits per heavy atom. The molecule has 12 rings (SSSR count). The summed E-state index contributed by atoms with van der Waals surface area (Å²) in [5.74, 6) is 1.85. The van der Waals surface area contributed by atoms with E-state index in [1.807, 2.05) is 84.1 Å². The smallest absolute Gasteiger partial charge is 0.164 e. The van der Waals surface area contributed by atoms with Crippen LogP contribution in [-0.4, -0.2) is 19.5 Å². The van der Waals surface area contributed by atoms with E-state index >= 15 is 0 Å². The van der Waals surface area contributed by atoms with E-state index < -0.39 is 0 Å². The maximum absolute atomic E-state index is 6.66. The highest BCUT2D eigenvalue weighted by molar-refractivity contribution is 7.25. The molecule has 0 saturated heterocycles. The standard InChI is InChI=1S/C51H30N4OS/c1-3-12-31(13-4-1)49-52-50(32-14-5-2-6-15-32)54-51(53-49)39-18-11-20-44-48(39)38-25-24-35(30-45(38)56-44)55-42-19-9-7-16-36(42)40-28-33(22-26-43(40)55)34-23-27-47-41(29-34)37-17-8-10-21-46(37)57-47/h1-30H. The van der Waals surface area contributed by atoms with Crippen molar-refractivity contribution in [3.05, 3.63) is 182 Å². The molecule has 8 aromatic carbocycles. The maximum atomic E-state index is 6.66. The minimum absolute atomic E-state index is 0.601. The molecule has 0 saturated carbocycles. The van der Waals surface area contributed by atoms with Crippen LogP contribution in [0.3, 0.4) is 0 Å². The van der Waals surface area contributed by atoms with Crippen LogP contribution in [0.5, 0.6) is 0 Å². The van der Waals surface area contributed by atoms with Crippen molar-refractivity contribution in [1.82, 2.24) is 19.5 Å². The number of furan rings is 1. The van der Waals surface area contributed by atoms with Crippen molar-refractivity contribution in [1.29, 1.82) is 0 Å². The normalized spacial score (nSPS) is 11.9. The molecule has 0 aliphatic heterocycles. The van der Waals surface area contributed by atoms with Crippen LogP contribution < -0.4 is 0 Å². The number of para-hydroxylation sites is 1. The molecule has 0 spiro atoms. The van der Waals surface area contributed by atoms with Crippen molar-refractivity contribution in [2.24, 2.45) is 0 Å². The Hall–Kier alpha value is -7.41. The minimum atomic E-state index is 0.601. The molecule has 0 bridgehead atoms. The van der Waals surface area contributed by atoms with Gasteiger partial charge >= 0.3 is 0 Å². The van der Waals surface area contributed by atoms with Crippen LogP contribution in [0.2, 0.25) is 0 Å². The summed E-state index contributed by atoms with van der Waals surface area (Å²) in [7, 11) is 0. The number of thiophene rings is 1. The van der Waals surface area contributed by atoms with Gasteiger partial charge in [0.25, 0.3) is 0 Å². The Morgan fingerprint density at radius 2 is 1.02 bits per heavy atom. The van der Waals surface area contributed by atoms with Crippen molar-refractivity contribution in [3.8, 4) is 51.0 Å². The Balaban J connectivity index is 1.00. The van der Waals surface area contributed by atoms with Crippen molar-refractivity contribution in [3.63, 3.8) is 0 Å². The average Bonchev–Trinajstić information content (AvgIpc) is 3.95. The highest BCUT2D eigenvalue weighted by atomic mass is 32.1. The van der Waals surface area contributed by atoms with Gasteiger partial charge in [-0.05, 0) is 65.7 Å². The molecule has 57 heavy (non-hydrogen) atoms. The molecule has 4 aromatic heterocycles. The molecule has 0 radical (unpaired) electrons. The summed E-state index contributed by atoms with van der Waals surface area (Å²) in [5.41, 5.74) is 10.1. The van der Waals surface area contributed by atoms with Gasteiger partial charge in [0, 0.05) is 70.2 Å². The summed E-state index contributed by atoms with van der Waals surface area (Å²) in [5, 5.41) is 7.02.